The third kappa shape index (κ3) is 2.38. The third-order valence-corrected chi connectivity index (χ3v) is 3.24. The molecule has 2 heterocycles. The minimum Gasteiger partial charge on any atom is -0.400 e. The summed E-state index contributed by atoms with van der Waals surface area (Å²) >= 11 is 1.22. The van der Waals surface area contributed by atoms with E-state index in [4.69, 9.17) is 4.42 Å². The molecule has 0 aromatic carbocycles. The highest BCUT2D eigenvalue weighted by atomic mass is 32.1. The van der Waals surface area contributed by atoms with Crippen molar-refractivity contribution in [2.24, 2.45) is 0 Å². The van der Waals surface area contributed by atoms with E-state index in [1.807, 2.05) is 0 Å². The van der Waals surface area contributed by atoms with Crippen LogP contribution in [-0.2, 0) is 0 Å². The van der Waals surface area contributed by atoms with Gasteiger partial charge < -0.3 is 9.32 Å². The van der Waals surface area contributed by atoms with Gasteiger partial charge >= 0.3 is 5.88 Å². The highest BCUT2D eigenvalue weighted by Gasteiger charge is 2.15. The van der Waals surface area contributed by atoms with Crippen molar-refractivity contribution in [3.05, 3.63) is 38.7 Å². The zero-order valence-corrected chi connectivity index (χ0v) is 10.4. The van der Waals surface area contributed by atoms with E-state index in [0.717, 1.165) is 0 Å². The molecular weight excluding hydrogens is 258 g/mol. The van der Waals surface area contributed by atoms with E-state index in [1.54, 1.807) is 19.0 Å². The van der Waals surface area contributed by atoms with Crippen molar-refractivity contribution in [1.29, 1.82) is 0 Å². The fraction of sp³-hybridized carbons (Fsp3) is 0.200. The van der Waals surface area contributed by atoms with Crippen LogP contribution < -0.4 is 10.5 Å². The van der Waals surface area contributed by atoms with Crippen LogP contribution in [0.5, 0.6) is 0 Å². The summed E-state index contributed by atoms with van der Waals surface area (Å²) in [5.41, 5.74) is -0.411. The van der Waals surface area contributed by atoms with Gasteiger partial charge in [-0.1, -0.05) is 11.3 Å². The molecule has 2 aromatic rings. The van der Waals surface area contributed by atoms with Gasteiger partial charge in [-0.05, 0) is 6.07 Å². The zero-order chi connectivity index (χ0) is 13.3. The summed E-state index contributed by atoms with van der Waals surface area (Å²) in [5, 5.41) is 11.0. The van der Waals surface area contributed by atoms with Gasteiger partial charge in [0.1, 0.15) is 4.92 Å². The number of hydrogen-bond acceptors (Lipinski definition) is 7. The maximum absolute atomic E-state index is 11.4. The van der Waals surface area contributed by atoms with Crippen LogP contribution in [-0.4, -0.2) is 24.0 Å². The Morgan fingerprint density at radius 2 is 2.17 bits per heavy atom. The van der Waals surface area contributed by atoms with Gasteiger partial charge in [-0.15, -0.1) is 0 Å². The highest BCUT2D eigenvalue weighted by molar-refractivity contribution is 7.18. The average molecular weight is 267 g/mol. The van der Waals surface area contributed by atoms with E-state index in [9.17, 15) is 14.9 Å². The summed E-state index contributed by atoms with van der Waals surface area (Å²) in [6.07, 6.45) is 0. The Labute approximate surface area is 105 Å². The maximum Gasteiger partial charge on any atom is 0.433 e. The second-order valence-electron chi connectivity index (χ2n) is 3.63. The SMILES string of the molecule is CN(C)c1nc(=O)cc(-c2ccc([N+](=O)[O-])o2)s1. The summed E-state index contributed by atoms with van der Waals surface area (Å²) in [7, 11) is 3.51. The molecule has 0 saturated heterocycles. The van der Waals surface area contributed by atoms with Crippen molar-refractivity contribution in [3.8, 4) is 10.6 Å². The smallest absolute Gasteiger partial charge is 0.400 e. The van der Waals surface area contributed by atoms with Crippen LogP contribution in [0.1, 0.15) is 0 Å². The summed E-state index contributed by atoms with van der Waals surface area (Å²) < 4.78 is 5.05. The normalized spacial score (nSPS) is 10.3. The van der Waals surface area contributed by atoms with Crippen molar-refractivity contribution in [3.63, 3.8) is 0 Å². The number of furan rings is 1. The van der Waals surface area contributed by atoms with Gasteiger partial charge in [-0.25, -0.2) is 0 Å². The number of hydrogen-bond donors (Lipinski definition) is 0. The molecule has 0 amide bonds. The highest BCUT2D eigenvalue weighted by Crippen LogP contribution is 2.30. The molecule has 0 saturated carbocycles. The number of anilines is 1. The first kappa shape index (κ1) is 12.2. The zero-order valence-electron chi connectivity index (χ0n) is 9.61. The molecule has 2 aromatic heterocycles. The number of nitrogens with zero attached hydrogens (tertiary/aromatic N) is 3. The van der Waals surface area contributed by atoms with E-state index in [0.29, 0.717) is 10.0 Å². The van der Waals surface area contributed by atoms with E-state index < -0.39 is 10.5 Å². The predicted molar refractivity (Wildman–Crippen MR) is 67.1 cm³/mol. The van der Waals surface area contributed by atoms with Gasteiger partial charge in [-0.2, -0.15) is 4.98 Å². The molecule has 94 valence electrons. The summed E-state index contributed by atoms with van der Waals surface area (Å²) in [4.78, 5) is 27.3. The second kappa shape index (κ2) is 4.57. The molecule has 0 aliphatic rings. The Morgan fingerprint density at radius 3 is 2.72 bits per heavy atom. The average Bonchev–Trinajstić information content (AvgIpc) is 2.77. The fourth-order valence-corrected chi connectivity index (χ4v) is 2.15. The van der Waals surface area contributed by atoms with E-state index >= 15 is 0 Å². The van der Waals surface area contributed by atoms with Crippen LogP contribution in [0.25, 0.3) is 10.6 Å². The largest absolute Gasteiger partial charge is 0.433 e. The van der Waals surface area contributed by atoms with Crippen LogP contribution in [0.3, 0.4) is 0 Å². The first-order valence-electron chi connectivity index (χ1n) is 4.91. The summed E-state index contributed by atoms with van der Waals surface area (Å²) in [5.74, 6) is -0.0674. The van der Waals surface area contributed by atoms with Crippen LogP contribution in [0.15, 0.2) is 27.4 Å². The van der Waals surface area contributed by atoms with Gasteiger partial charge in [0, 0.05) is 20.2 Å². The number of aromatic nitrogens is 1. The van der Waals surface area contributed by atoms with E-state index in [1.165, 1.54) is 29.5 Å². The molecule has 0 aliphatic heterocycles. The summed E-state index contributed by atoms with van der Waals surface area (Å²) in [6.45, 7) is 0. The first-order valence-corrected chi connectivity index (χ1v) is 5.73. The minimum absolute atomic E-state index is 0.286. The molecule has 0 atom stereocenters. The monoisotopic (exact) mass is 267 g/mol. The van der Waals surface area contributed by atoms with Gasteiger partial charge in [0.15, 0.2) is 10.9 Å². The molecular formula is C10H9N3O4S. The standard InChI is InChI=1S/C10H9N3O4S/c1-12(2)10-11-8(14)5-7(18-10)6-3-4-9(17-6)13(15)16/h3-5H,1-2H3. The molecule has 0 radical (unpaired) electrons. The van der Waals surface area contributed by atoms with Crippen molar-refractivity contribution in [2.45, 2.75) is 0 Å². The quantitative estimate of drug-likeness (QED) is 0.621. The molecule has 0 spiro atoms. The van der Waals surface area contributed by atoms with Gasteiger partial charge in [-0.3, -0.25) is 14.9 Å². The maximum atomic E-state index is 11.4. The molecule has 2 rings (SSSR count). The minimum atomic E-state index is -0.625. The lowest BCUT2D eigenvalue weighted by Gasteiger charge is -2.09. The second-order valence-corrected chi connectivity index (χ2v) is 4.64. The van der Waals surface area contributed by atoms with E-state index in [-0.39, 0.29) is 11.6 Å². The van der Waals surface area contributed by atoms with Crippen molar-refractivity contribution in [2.75, 3.05) is 19.0 Å². The Balaban J connectivity index is 2.49. The fourth-order valence-electron chi connectivity index (χ4n) is 1.26. The van der Waals surface area contributed by atoms with Crippen molar-refractivity contribution in [1.82, 2.24) is 4.98 Å². The van der Waals surface area contributed by atoms with Gasteiger partial charge in [0.25, 0.3) is 5.56 Å². The molecule has 18 heavy (non-hydrogen) atoms. The lowest BCUT2D eigenvalue weighted by atomic mass is 10.4. The van der Waals surface area contributed by atoms with E-state index in [2.05, 4.69) is 4.98 Å². The molecule has 8 heteroatoms. The Bertz CT molecular complexity index is 647. The van der Waals surface area contributed by atoms with Gasteiger partial charge in [0.2, 0.25) is 0 Å². The van der Waals surface area contributed by atoms with Gasteiger partial charge in [0.05, 0.1) is 10.9 Å². The third-order valence-electron chi connectivity index (χ3n) is 2.06. The van der Waals surface area contributed by atoms with Crippen LogP contribution in [0.4, 0.5) is 11.0 Å². The molecule has 0 fully saturated rings. The first-order chi connectivity index (χ1) is 8.47. The summed E-state index contributed by atoms with van der Waals surface area (Å²) in [6, 6.07) is 4.01. The Hall–Kier alpha value is -2.22. The Morgan fingerprint density at radius 1 is 1.44 bits per heavy atom. The molecule has 0 aliphatic carbocycles. The Kier molecular flexibility index (Phi) is 3.11. The predicted octanol–water partition coefficient (Wildman–Crippen LogP) is 1.74. The van der Waals surface area contributed by atoms with Crippen molar-refractivity contribution >= 4 is 22.4 Å². The lowest BCUT2D eigenvalue weighted by molar-refractivity contribution is -0.401. The number of rotatable bonds is 3. The number of nitro groups is 1. The van der Waals surface area contributed by atoms with Crippen LogP contribution in [0, 0.1) is 10.1 Å². The molecule has 0 N–H and O–H groups in total. The van der Waals surface area contributed by atoms with Crippen LogP contribution in [0.2, 0.25) is 0 Å². The molecule has 0 unspecified atom stereocenters. The topological polar surface area (TPSA) is 89.5 Å². The van der Waals surface area contributed by atoms with Crippen LogP contribution >= 0.6 is 11.3 Å². The molecule has 7 nitrogen and oxygen atoms in total. The molecule has 0 bridgehead atoms. The van der Waals surface area contributed by atoms with Crippen molar-refractivity contribution < 1.29 is 9.34 Å². The lowest BCUT2D eigenvalue weighted by Crippen LogP contribution is -2.14.